The van der Waals surface area contributed by atoms with Gasteiger partial charge in [-0.15, -0.1) is 24.0 Å². The third-order valence-electron chi connectivity index (χ3n) is 6.12. The van der Waals surface area contributed by atoms with Crippen LogP contribution in [0.3, 0.4) is 0 Å². The Hall–Kier alpha value is -0.870. The first-order chi connectivity index (χ1) is 13.4. The molecule has 0 amide bonds. The molecule has 2 aliphatic rings. The van der Waals surface area contributed by atoms with Gasteiger partial charge in [0.2, 0.25) is 10.0 Å². The molecule has 0 bridgehead atoms. The monoisotopic (exact) mass is 534 g/mol. The molecule has 1 saturated heterocycles. The second kappa shape index (κ2) is 10.9. The van der Waals surface area contributed by atoms with Crippen LogP contribution in [0.5, 0.6) is 0 Å². The van der Waals surface area contributed by atoms with Gasteiger partial charge in [-0.25, -0.2) is 18.5 Å². The molecule has 0 aromatic heterocycles. The minimum atomic E-state index is -3.65. The van der Waals surface area contributed by atoms with Crippen LogP contribution < -0.4 is 10.5 Å². The molecule has 6 nitrogen and oxygen atoms in total. The van der Waals surface area contributed by atoms with Gasteiger partial charge in [0.05, 0.1) is 11.4 Å². The summed E-state index contributed by atoms with van der Waals surface area (Å²) in [5.41, 5.74) is 1.44. The third kappa shape index (κ3) is 6.82. The highest BCUT2D eigenvalue weighted by Crippen LogP contribution is 2.42. The summed E-state index contributed by atoms with van der Waals surface area (Å²) in [7, 11) is -3.65. The Morgan fingerprint density at radius 3 is 2.31 bits per heavy atom. The number of likely N-dealkylation sites (tertiary alicyclic amines) is 1. The SMILES string of the molecule is CCNC(=NCc1ccc(S(N)(=O)=O)cc1)N1CCCC2(CCCCCC2)C1.I. The average Bonchev–Trinajstić information content (AvgIpc) is 2.90. The van der Waals surface area contributed by atoms with Crippen molar-refractivity contribution in [1.82, 2.24) is 10.2 Å². The van der Waals surface area contributed by atoms with Crippen molar-refractivity contribution >= 4 is 40.0 Å². The first kappa shape index (κ1) is 24.4. The van der Waals surface area contributed by atoms with E-state index in [4.69, 9.17) is 10.1 Å². The lowest BCUT2D eigenvalue weighted by Gasteiger charge is -2.44. The van der Waals surface area contributed by atoms with Gasteiger partial charge >= 0.3 is 0 Å². The van der Waals surface area contributed by atoms with Crippen molar-refractivity contribution in [3.8, 4) is 0 Å². The van der Waals surface area contributed by atoms with Crippen molar-refractivity contribution in [3.05, 3.63) is 29.8 Å². The Kier molecular flexibility index (Phi) is 9.21. The molecule has 0 unspecified atom stereocenters. The molecule has 8 heteroatoms. The lowest BCUT2D eigenvalue weighted by atomic mass is 9.74. The van der Waals surface area contributed by atoms with Crippen molar-refractivity contribution < 1.29 is 8.42 Å². The summed E-state index contributed by atoms with van der Waals surface area (Å²) < 4.78 is 22.8. The highest BCUT2D eigenvalue weighted by atomic mass is 127. The highest BCUT2D eigenvalue weighted by molar-refractivity contribution is 14.0. The molecule has 2 fully saturated rings. The van der Waals surface area contributed by atoms with Gasteiger partial charge < -0.3 is 10.2 Å². The standard InChI is InChI=1S/C21H34N4O2S.HI/c1-2-23-20(24-16-18-8-10-19(11-9-18)28(22,26)27)25-15-7-14-21(17-25)12-5-3-4-6-13-21;/h8-11H,2-7,12-17H2,1H3,(H,23,24)(H2,22,26,27);1H. The molecular formula is C21H35IN4O2S. The normalized spacial score (nSPS) is 20.1. The predicted molar refractivity (Wildman–Crippen MR) is 129 cm³/mol. The Morgan fingerprint density at radius 1 is 1.10 bits per heavy atom. The molecule has 1 aromatic rings. The lowest BCUT2D eigenvalue weighted by molar-refractivity contribution is 0.115. The molecule has 3 rings (SSSR count). The Bertz CT molecular complexity index is 772. The summed E-state index contributed by atoms with van der Waals surface area (Å²) in [5, 5.41) is 8.63. The minimum absolute atomic E-state index is 0. The van der Waals surface area contributed by atoms with E-state index in [-0.39, 0.29) is 28.9 Å². The molecule has 164 valence electrons. The Morgan fingerprint density at radius 2 is 1.72 bits per heavy atom. The van der Waals surface area contributed by atoms with Crippen molar-refractivity contribution in [2.45, 2.75) is 69.7 Å². The Labute approximate surface area is 192 Å². The second-order valence-electron chi connectivity index (χ2n) is 8.30. The number of hydrogen-bond acceptors (Lipinski definition) is 3. The fraction of sp³-hybridized carbons (Fsp3) is 0.667. The lowest BCUT2D eigenvalue weighted by Crippen LogP contribution is -2.50. The van der Waals surface area contributed by atoms with Crippen LogP contribution in [0, 0.1) is 5.41 Å². The van der Waals surface area contributed by atoms with Gasteiger partial charge in [-0.1, -0.05) is 37.8 Å². The number of piperidine rings is 1. The van der Waals surface area contributed by atoms with Crippen LogP contribution in [0.1, 0.15) is 63.9 Å². The zero-order valence-corrected chi connectivity index (χ0v) is 20.5. The second-order valence-corrected chi connectivity index (χ2v) is 9.86. The number of sulfonamides is 1. The maximum absolute atomic E-state index is 11.4. The smallest absolute Gasteiger partial charge is 0.238 e. The average molecular weight is 535 g/mol. The predicted octanol–water partition coefficient (Wildman–Crippen LogP) is 3.85. The van der Waals surface area contributed by atoms with E-state index < -0.39 is 10.0 Å². The van der Waals surface area contributed by atoms with Crippen LogP contribution >= 0.6 is 24.0 Å². The van der Waals surface area contributed by atoms with Crippen LogP contribution in [0.15, 0.2) is 34.2 Å². The topological polar surface area (TPSA) is 87.8 Å². The molecule has 1 aromatic carbocycles. The van der Waals surface area contributed by atoms with Gasteiger partial charge in [-0.05, 0) is 55.7 Å². The van der Waals surface area contributed by atoms with E-state index in [2.05, 4.69) is 17.1 Å². The van der Waals surface area contributed by atoms with Gasteiger partial charge in [0.15, 0.2) is 5.96 Å². The van der Waals surface area contributed by atoms with Gasteiger partial charge in [0.1, 0.15) is 0 Å². The quantitative estimate of drug-likeness (QED) is 0.349. The third-order valence-corrected chi connectivity index (χ3v) is 7.05. The molecule has 3 N–H and O–H groups in total. The number of guanidine groups is 1. The number of primary sulfonamides is 1. The fourth-order valence-electron chi connectivity index (χ4n) is 4.65. The fourth-order valence-corrected chi connectivity index (χ4v) is 5.17. The summed E-state index contributed by atoms with van der Waals surface area (Å²) in [6, 6.07) is 6.68. The summed E-state index contributed by atoms with van der Waals surface area (Å²) in [6.07, 6.45) is 10.7. The number of nitrogens with zero attached hydrogens (tertiary/aromatic N) is 2. The van der Waals surface area contributed by atoms with Crippen molar-refractivity contribution in [2.75, 3.05) is 19.6 Å². The van der Waals surface area contributed by atoms with E-state index in [1.165, 1.54) is 51.4 Å². The highest BCUT2D eigenvalue weighted by Gasteiger charge is 2.36. The zero-order valence-electron chi connectivity index (χ0n) is 17.4. The maximum Gasteiger partial charge on any atom is 0.238 e. The number of rotatable bonds is 4. The van der Waals surface area contributed by atoms with Crippen LogP contribution in [0.25, 0.3) is 0 Å². The number of aliphatic imine (C=N–C) groups is 1. The van der Waals surface area contributed by atoms with Gasteiger partial charge in [-0.3, -0.25) is 0 Å². The number of benzene rings is 1. The summed E-state index contributed by atoms with van der Waals surface area (Å²) in [5.74, 6) is 0.973. The maximum atomic E-state index is 11.4. The molecule has 1 saturated carbocycles. The zero-order chi connectivity index (χ0) is 20.0. The van der Waals surface area contributed by atoms with Crippen molar-refractivity contribution in [1.29, 1.82) is 0 Å². The van der Waals surface area contributed by atoms with Crippen LogP contribution in [0.2, 0.25) is 0 Å². The largest absolute Gasteiger partial charge is 0.357 e. The van der Waals surface area contributed by atoms with Gasteiger partial charge in [-0.2, -0.15) is 0 Å². The molecule has 0 atom stereocenters. The molecule has 29 heavy (non-hydrogen) atoms. The first-order valence-electron chi connectivity index (χ1n) is 10.6. The number of nitrogens with one attached hydrogen (secondary N) is 1. The van der Waals surface area contributed by atoms with E-state index in [1.54, 1.807) is 24.3 Å². The number of nitrogens with two attached hydrogens (primary N) is 1. The summed E-state index contributed by atoms with van der Waals surface area (Å²) in [4.78, 5) is 7.43. The number of hydrogen-bond donors (Lipinski definition) is 2. The minimum Gasteiger partial charge on any atom is -0.357 e. The first-order valence-corrected chi connectivity index (χ1v) is 12.1. The molecule has 1 aliphatic heterocycles. The summed E-state index contributed by atoms with van der Waals surface area (Å²) in [6.45, 7) is 5.62. The van der Waals surface area contributed by atoms with Gasteiger partial charge in [0.25, 0.3) is 0 Å². The van der Waals surface area contributed by atoms with Crippen LogP contribution in [0.4, 0.5) is 0 Å². The van der Waals surface area contributed by atoms with Crippen molar-refractivity contribution in [3.63, 3.8) is 0 Å². The van der Waals surface area contributed by atoms with E-state index >= 15 is 0 Å². The number of halogens is 1. The van der Waals surface area contributed by atoms with Gasteiger partial charge in [0, 0.05) is 19.6 Å². The molecule has 1 spiro atoms. The molecule has 0 radical (unpaired) electrons. The van der Waals surface area contributed by atoms with E-state index in [9.17, 15) is 8.42 Å². The van der Waals surface area contributed by atoms with Crippen LogP contribution in [-0.2, 0) is 16.6 Å². The Balaban J connectivity index is 0.00000300. The summed E-state index contributed by atoms with van der Waals surface area (Å²) >= 11 is 0. The van der Waals surface area contributed by atoms with Crippen molar-refractivity contribution in [2.24, 2.45) is 15.5 Å². The van der Waals surface area contributed by atoms with Crippen LogP contribution in [-0.4, -0.2) is 38.9 Å². The molecule has 1 aliphatic carbocycles. The van der Waals surface area contributed by atoms with E-state index in [1.807, 2.05) is 0 Å². The molecular weight excluding hydrogens is 499 g/mol. The molecule has 1 heterocycles. The van der Waals surface area contributed by atoms with E-state index in [0.717, 1.165) is 31.2 Å². The van der Waals surface area contributed by atoms with E-state index in [0.29, 0.717) is 12.0 Å².